The molecule has 0 bridgehead atoms. The minimum absolute atomic E-state index is 0.0989. The predicted molar refractivity (Wildman–Crippen MR) is 57.1 cm³/mol. The summed E-state index contributed by atoms with van der Waals surface area (Å²) in [5.41, 5.74) is 5.63. The molecule has 1 aliphatic rings. The smallest absolute Gasteiger partial charge is 0.270 e. The fraction of sp³-hybridized carbons (Fsp3) is 0.333. The van der Waals surface area contributed by atoms with E-state index in [0.717, 1.165) is 4.47 Å². The Balaban J connectivity index is 1.97. The third kappa shape index (κ3) is 1.90. The number of aromatic nitrogens is 1. The highest BCUT2D eigenvalue weighted by molar-refractivity contribution is 9.10. The molecular weight excluding hydrogens is 262 g/mol. The second-order valence-electron chi connectivity index (χ2n) is 3.54. The summed E-state index contributed by atoms with van der Waals surface area (Å²) in [6, 6.07) is 1.71. The molecule has 1 saturated heterocycles. The molecule has 0 spiro atoms. The molecule has 1 fully saturated rings. The van der Waals surface area contributed by atoms with Crippen molar-refractivity contribution < 1.29 is 9.59 Å². The third-order valence-corrected chi connectivity index (χ3v) is 2.91. The SMILES string of the molecule is NC(=O)C1CN(C(=O)c2cc(Br)c[nH]2)C1. The number of hydrogen-bond acceptors (Lipinski definition) is 2. The van der Waals surface area contributed by atoms with E-state index in [1.807, 2.05) is 0 Å². The standard InChI is InChI=1S/C9H10BrN3O2/c10-6-1-7(12-2-6)9(15)13-3-5(4-13)8(11)14/h1-2,5,12H,3-4H2,(H2,11,14). The number of carbonyl (C=O) groups excluding carboxylic acids is 2. The summed E-state index contributed by atoms with van der Waals surface area (Å²) < 4.78 is 0.831. The van der Waals surface area contributed by atoms with E-state index in [1.165, 1.54) is 0 Å². The Kier molecular flexibility index (Phi) is 2.52. The van der Waals surface area contributed by atoms with E-state index in [-0.39, 0.29) is 17.7 Å². The van der Waals surface area contributed by atoms with Gasteiger partial charge in [-0.1, -0.05) is 0 Å². The number of nitrogens with zero attached hydrogens (tertiary/aromatic N) is 1. The van der Waals surface area contributed by atoms with E-state index in [1.54, 1.807) is 17.2 Å². The number of H-pyrrole nitrogens is 1. The van der Waals surface area contributed by atoms with Gasteiger partial charge in [0.05, 0.1) is 5.92 Å². The Hall–Kier alpha value is -1.30. The van der Waals surface area contributed by atoms with Gasteiger partial charge in [-0.15, -0.1) is 0 Å². The highest BCUT2D eigenvalue weighted by Crippen LogP contribution is 2.19. The first-order chi connectivity index (χ1) is 7.08. The third-order valence-electron chi connectivity index (χ3n) is 2.45. The molecular formula is C9H10BrN3O2. The lowest BCUT2D eigenvalue weighted by molar-refractivity contribution is -0.125. The van der Waals surface area contributed by atoms with Gasteiger partial charge in [0, 0.05) is 23.8 Å². The summed E-state index contributed by atoms with van der Waals surface area (Å²) in [4.78, 5) is 26.9. The van der Waals surface area contributed by atoms with Crippen molar-refractivity contribution in [2.24, 2.45) is 11.7 Å². The van der Waals surface area contributed by atoms with Gasteiger partial charge in [-0.2, -0.15) is 0 Å². The molecule has 1 aromatic rings. The van der Waals surface area contributed by atoms with Gasteiger partial charge in [0.25, 0.3) is 5.91 Å². The first kappa shape index (κ1) is 10.2. The number of primary amides is 1. The number of nitrogens with two attached hydrogens (primary N) is 1. The first-order valence-corrected chi connectivity index (χ1v) is 5.29. The van der Waals surface area contributed by atoms with Crippen LogP contribution in [0.25, 0.3) is 0 Å². The zero-order valence-electron chi connectivity index (χ0n) is 7.87. The highest BCUT2D eigenvalue weighted by atomic mass is 79.9. The average molecular weight is 272 g/mol. The molecule has 2 heterocycles. The van der Waals surface area contributed by atoms with Crippen molar-refractivity contribution >= 4 is 27.7 Å². The lowest BCUT2D eigenvalue weighted by Gasteiger charge is -2.36. The van der Waals surface area contributed by atoms with Crippen LogP contribution in [-0.2, 0) is 4.79 Å². The fourth-order valence-corrected chi connectivity index (χ4v) is 1.83. The van der Waals surface area contributed by atoms with E-state index < -0.39 is 0 Å². The van der Waals surface area contributed by atoms with Gasteiger partial charge in [-0.3, -0.25) is 9.59 Å². The summed E-state index contributed by atoms with van der Waals surface area (Å²) in [6.07, 6.45) is 1.69. The van der Waals surface area contributed by atoms with Gasteiger partial charge in [0.1, 0.15) is 5.69 Å². The molecule has 0 radical (unpaired) electrons. The lowest BCUT2D eigenvalue weighted by Crippen LogP contribution is -2.54. The summed E-state index contributed by atoms with van der Waals surface area (Å²) in [5.74, 6) is -0.628. The van der Waals surface area contributed by atoms with Gasteiger partial charge in [0.15, 0.2) is 0 Å². The Morgan fingerprint density at radius 1 is 1.53 bits per heavy atom. The van der Waals surface area contributed by atoms with Crippen LogP contribution in [0, 0.1) is 5.92 Å². The van der Waals surface area contributed by atoms with Crippen LogP contribution in [0.5, 0.6) is 0 Å². The van der Waals surface area contributed by atoms with Crippen LogP contribution >= 0.6 is 15.9 Å². The van der Waals surface area contributed by atoms with E-state index in [4.69, 9.17) is 5.73 Å². The number of carbonyl (C=O) groups is 2. The van der Waals surface area contributed by atoms with Crippen LogP contribution < -0.4 is 5.73 Å². The first-order valence-electron chi connectivity index (χ1n) is 4.50. The van der Waals surface area contributed by atoms with Gasteiger partial charge in [-0.05, 0) is 22.0 Å². The zero-order chi connectivity index (χ0) is 11.0. The highest BCUT2D eigenvalue weighted by Gasteiger charge is 2.35. The van der Waals surface area contributed by atoms with Gasteiger partial charge >= 0.3 is 0 Å². The topological polar surface area (TPSA) is 79.2 Å². The van der Waals surface area contributed by atoms with Crippen LogP contribution in [-0.4, -0.2) is 34.8 Å². The number of likely N-dealkylation sites (tertiary alicyclic amines) is 1. The maximum Gasteiger partial charge on any atom is 0.270 e. The van der Waals surface area contributed by atoms with Crippen molar-refractivity contribution in [3.05, 3.63) is 22.4 Å². The molecule has 15 heavy (non-hydrogen) atoms. The number of rotatable bonds is 2. The van der Waals surface area contributed by atoms with Crippen LogP contribution in [0.15, 0.2) is 16.7 Å². The van der Waals surface area contributed by atoms with Crippen LogP contribution in [0.4, 0.5) is 0 Å². The molecule has 6 heteroatoms. The molecule has 5 nitrogen and oxygen atoms in total. The van der Waals surface area contributed by atoms with Crippen molar-refractivity contribution in [2.45, 2.75) is 0 Å². The molecule has 80 valence electrons. The minimum Gasteiger partial charge on any atom is -0.369 e. The molecule has 0 saturated carbocycles. The van der Waals surface area contributed by atoms with Crippen molar-refractivity contribution in [3.63, 3.8) is 0 Å². The van der Waals surface area contributed by atoms with E-state index in [9.17, 15) is 9.59 Å². The van der Waals surface area contributed by atoms with Gasteiger partial charge < -0.3 is 15.6 Å². The molecule has 1 aromatic heterocycles. The Morgan fingerprint density at radius 2 is 2.20 bits per heavy atom. The van der Waals surface area contributed by atoms with E-state index in [0.29, 0.717) is 18.8 Å². The molecule has 2 rings (SSSR count). The number of hydrogen-bond donors (Lipinski definition) is 2. The predicted octanol–water partition coefficient (Wildman–Crippen LogP) is 0.334. The second-order valence-corrected chi connectivity index (χ2v) is 4.46. The number of amides is 2. The van der Waals surface area contributed by atoms with E-state index in [2.05, 4.69) is 20.9 Å². The largest absolute Gasteiger partial charge is 0.369 e. The Labute approximate surface area is 94.7 Å². The Morgan fingerprint density at radius 3 is 2.67 bits per heavy atom. The average Bonchev–Trinajstić information content (AvgIpc) is 2.48. The van der Waals surface area contributed by atoms with Crippen molar-refractivity contribution in [2.75, 3.05) is 13.1 Å². The monoisotopic (exact) mass is 271 g/mol. The molecule has 0 aliphatic carbocycles. The maximum atomic E-state index is 11.7. The number of nitrogens with one attached hydrogen (secondary N) is 1. The van der Waals surface area contributed by atoms with Crippen LogP contribution in [0.1, 0.15) is 10.5 Å². The maximum absolute atomic E-state index is 11.7. The van der Waals surface area contributed by atoms with Crippen molar-refractivity contribution in [1.82, 2.24) is 9.88 Å². The second kappa shape index (κ2) is 3.69. The zero-order valence-corrected chi connectivity index (χ0v) is 9.45. The molecule has 2 amide bonds. The molecule has 0 unspecified atom stereocenters. The molecule has 0 aromatic carbocycles. The number of halogens is 1. The van der Waals surface area contributed by atoms with Crippen LogP contribution in [0.2, 0.25) is 0 Å². The molecule has 1 aliphatic heterocycles. The van der Waals surface area contributed by atoms with Crippen molar-refractivity contribution in [3.8, 4) is 0 Å². The van der Waals surface area contributed by atoms with Gasteiger partial charge in [0.2, 0.25) is 5.91 Å². The van der Waals surface area contributed by atoms with Crippen molar-refractivity contribution in [1.29, 1.82) is 0 Å². The normalized spacial score (nSPS) is 16.2. The summed E-state index contributed by atoms with van der Waals surface area (Å²) in [7, 11) is 0. The molecule has 0 atom stereocenters. The fourth-order valence-electron chi connectivity index (χ4n) is 1.49. The summed E-state index contributed by atoms with van der Waals surface area (Å²) in [5, 5.41) is 0. The summed E-state index contributed by atoms with van der Waals surface area (Å²) in [6.45, 7) is 0.843. The van der Waals surface area contributed by atoms with E-state index >= 15 is 0 Å². The molecule has 3 N–H and O–H groups in total. The minimum atomic E-state index is -0.341. The number of aromatic amines is 1. The quantitative estimate of drug-likeness (QED) is 0.813. The van der Waals surface area contributed by atoms with Gasteiger partial charge in [-0.25, -0.2) is 0 Å². The Bertz CT molecular complexity index is 409. The summed E-state index contributed by atoms with van der Waals surface area (Å²) >= 11 is 3.25. The lowest BCUT2D eigenvalue weighted by atomic mass is 9.99. The van der Waals surface area contributed by atoms with Crippen LogP contribution in [0.3, 0.4) is 0 Å².